The number of nitrogens with zero attached hydrogens (tertiary/aromatic N) is 2. The van der Waals surface area contributed by atoms with E-state index in [0.29, 0.717) is 17.3 Å². The van der Waals surface area contributed by atoms with Crippen molar-refractivity contribution >= 4 is 23.5 Å². The van der Waals surface area contributed by atoms with Gasteiger partial charge in [-0.3, -0.25) is 9.48 Å². The molecule has 0 saturated heterocycles. The van der Waals surface area contributed by atoms with Crippen molar-refractivity contribution in [3.8, 4) is 5.75 Å². The summed E-state index contributed by atoms with van der Waals surface area (Å²) in [7, 11) is 0. The van der Waals surface area contributed by atoms with Crippen molar-refractivity contribution < 1.29 is 18.3 Å². The van der Waals surface area contributed by atoms with Crippen LogP contribution in [0.5, 0.6) is 5.75 Å². The van der Waals surface area contributed by atoms with E-state index in [1.165, 1.54) is 36.4 Å². The number of allylic oxidation sites excluding steroid dienone is 1. The average molecular weight is 327 g/mol. The van der Waals surface area contributed by atoms with Crippen LogP contribution in [0.15, 0.2) is 36.5 Å². The monoisotopic (exact) mass is 326 g/mol. The second-order valence-electron chi connectivity index (χ2n) is 4.32. The van der Waals surface area contributed by atoms with E-state index in [1.807, 2.05) is 6.92 Å². The Morgan fingerprint density at radius 3 is 2.91 bits per heavy atom. The fourth-order valence-corrected chi connectivity index (χ4v) is 1.98. The molecule has 0 N–H and O–H groups in total. The van der Waals surface area contributed by atoms with Gasteiger partial charge in [0.05, 0.1) is 5.02 Å². The molecule has 0 atom stereocenters. The molecule has 22 heavy (non-hydrogen) atoms. The van der Waals surface area contributed by atoms with Crippen molar-refractivity contribution in [2.45, 2.75) is 20.1 Å². The van der Waals surface area contributed by atoms with E-state index in [2.05, 4.69) is 9.84 Å². The topological polar surface area (TPSA) is 44.1 Å². The second-order valence-corrected chi connectivity index (χ2v) is 4.73. The molecular weight excluding hydrogens is 314 g/mol. The number of hydrogen-bond donors (Lipinski definition) is 0. The number of carbonyl (C=O) groups is 1. The van der Waals surface area contributed by atoms with Gasteiger partial charge in [-0.25, -0.2) is 0 Å². The van der Waals surface area contributed by atoms with Crippen LogP contribution >= 0.6 is 11.6 Å². The van der Waals surface area contributed by atoms with Crippen molar-refractivity contribution in [1.82, 2.24) is 9.78 Å². The van der Waals surface area contributed by atoms with Crippen LogP contribution in [0.4, 0.5) is 8.78 Å². The van der Waals surface area contributed by atoms with Gasteiger partial charge in [-0.05, 0) is 31.2 Å². The highest BCUT2D eigenvalue weighted by Gasteiger charge is 2.08. The molecule has 0 aliphatic heterocycles. The average Bonchev–Trinajstić information content (AvgIpc) is 2.85. The predicted octanol–water partition coefficient (Wildman–Crippen LogP) is 4.05. The molecule has 2 aromatic rings. The summed E-state index contributed by atoms with van der Waals surface area (Å²) in [5, 5.41) is 4.60. The lowest BCUT2D eigenvalue weighted by atomic mass is 10.1. The number of aromatic nitrogens is 2. The molecular formula is C15H13ClF2N2O2. The van der Waals surface area contributed by atoms with Gasteiger partial charge in [-0.2, -0.15) is 13.9 Å². The predicted molar refractivity (Wildman–Crippen MR) is 79.3 cm³/mol. The largest absolute Gasteiger partial charge is 0.435 e. The zero-order valence-electron chi connectivity index (χ0n) is 11.7. The molecule has 1 aromatic carbocycles. The van der Waals surface area contributed by atoms with E-state index < -0.39 is 6.61 Å². The van der Waals surface area contributed by atoms with Crippen LogP contribution in [0.3, 0.4) is 0 Å². The summed E-state index contributed by atoms with van der Waals surface area (Å²) in [5.74, 6) is -0.427. The molecule has 7 heteroatoms. The lowest BCUT2D eigenvalue weighted by Gasteiger charge is -2.04. The molecule has 1 heterocycles. The number of ketones is 1. The Balaban J connectivity index is 2.14. The Bertz CT molecular complexity index is 699. The number of aryl methyl sites for hydroxylation is 1. The maximum absolute atomic E-state index is 12.2. The van der Waals surface area contributed by atoms with Gasteiger partial charge in [0.25, 0.3) is 0 Å². The maximum Gasteiger partial charge on any atom is 0.387 e. The molecule has 1 aromatic heterocycles. The summed E-state index contributed by atoms with van der Waals surface area (Å²) in [6, 6.07) is 5.59. The van der Waals surface area contributed by atoms with Crippen molar-refractivity contribution in [3.63, 3.8) is 0 Å². The van der Waals surface area contributed by atoms with Gasteiger partial charge in [0.2, 0.25) is 0 Å². The number of halogens is 3. The van der Waals surface area contributed by atoms with E-state index in [-0.39, 0.29) is 17.1 Å². The molecule has 0 aliphatic rings. The number of benzene rings is 1. The minimum absolute atomic E-state index is 0.0671. The Labute approximate surface area is 131 Å². The maximum atomic E-state index is 12.2. The minimum atomic E-state index is -2.93. The van der Waals surface area contributed by atoms with E-state index in [4.69, 9.17) is 11.6 Å². The van der Waals surface area contributed by atoms with Gasteiger partial charge in [0.1, 0.15) is 11.4 Å². The molecule has 4 nitrogen and oxygen atoms in total. The Kier molecular flexibility index (Phi) is 5.27. The molecule has 0 radical (unpaired) electrons. The SMILES string of the molecule is CCn1cc(Cl)c(/C=C/C(=O)c2cccc(OC(F)F)c2)n1. The smallest absolute Gasteiger partial charge is 0.387 e. The van der Waals surface area contributed by atoms with E-state index >= 15 is 0 Å². The summed E-state index contributed by atoms with van der Waals surface area (Å²) in [6.07, 6.45) is 4.43. The zero-order valence-corrected chi connectivity index (χ0v) is 12.4. The lowest BCUT2D eigenvalue weighted by molar-refractivity contribution is -0.0498. The molecule has 0 aliphatic carbocycles. The number of ether oxygens (including phenoxy) is 1. The molecule has 0 unspecified atom stereocenters. The summed E-state index contributed by atoms with van der Waals surface area (Å²) in [4.78, 5) is 12.0. The van der Waals surface area contributed by atoms with Crippen LogP contribution in [0.25, 0.3) is 6.08 Å². The van der Waals surface area contributed by atoms with Crippen molar-refractivity contribution in [1.29, 1.82) is 0 Å². The summed E-state index contributed by atoms with van der Waals surface area (Å²) in [5.41, 5.74) is 0.706. The third kappa shape index (κ3) is 4.14. The first-order chi connectivity index (χ1) is 10.5. The molecule has 0 bridgehead atoms. The third-order valence-corrected chi connectivity index (χ3v) is 3.09. The third-order valence-electron chi connectivity index (χ3n) is 2.80. The minimum Gasteiger partial charge on any atom is -0.435 e. The van der Waals surface area contributed by atoms with Gasteiger partial charge >= 0.3 is 6.61 Å². The number of carbonyl (C=O) groups excluding carboxylic acids is 1. The summed E-state index contributed by atoms with van der Waals surface area (Å²) in [6.45, 7) is -0.358. The van der Waals surface area contributed by atoms with Crippen molar-refractivity contribution in [2.75, 3.05) is 0 Å². The summed E-state index contributed by atoms with van der Waals surface area (Å²) < 4.78 is 30.2. The number of rotatable bonds is 6. The Hall–Kier alpha value is -2.21. The van der Waals surface area contributed by atoms with Gasteiger partial charge < -0.3 is 4.74 Å². The molecule has 0 amide bonds. The number of alkyl halides is 2. The molecule has 0 spiro atoms. The molecule has 2 rings (SSSR count). The van der Waals surface area contributed by atoms with Gasteiger partial charge in [-0.1, -0.05) is 23.7 Å². The van der Waals surface area contributed by atoms with Crippen molar-refractivity contribution in [2.24, 2.45) is 0 Å². The van der Waals surface area contributed by atoms with Crippen LogP contribution in [0.1, 0.15) is 23.0 Å². The van der Waals surface area contributed by atoms with Crippen LogP contribution in [-0.4, -0.2) is 22.2 Å². The van der Waals surface area contributed by atoms with Gasteiger partial charge in [-0.15, -0.1) is 0 Å². The van der Waals surface area contributed by atoms with Crippen LogP contribution in [-0.2, 0) is 6.54 Å². The fraction of sp³-hybridized carbons (Fsp3) is 0.200. The van der Waals surface area contributed by atoms with Crippen LogP contribution < -0.4 is 4.74 Å². The Morgan fingerprint density at radius 2 is 2.27 bits per heavy atom. The lowest BCUT2D eigenvalue weighted by Crippen LogP contribution is -2.03. The van der Waals surface area contributed by atoms with E-state index in [0.717, 1.165) is 0 Å². The molecule has 0 saturated carbocycles. The van der Waals surface area contributed by atoms with E-state index in [1.54, 1.807) is 10.9 Å². The number of hydrogen-bond acceptors (Lipinski definition) is 3. The van der Waals surface area contributed by atoms with E-state index in [9.17, 15) is 13.6 Å². The highest BCUT2D eigenvalue weighted by Crippen LogP contribution is 2.18. The standard InChI is InChI=1S/C15H13ClF2N2O2/c1-2-20-9-12(16)13(19-20)6-7-14(21)10-4-3-5-11(8-10)22-15(17)18/h3-9,15H,2H2,1H3/b7-6+. The van der Waals surface area contributed by atoms with Crippen LogP contribution in [0, 0.1) is 0 Å². The fourth-order valence-electron chi connectivity index (χ4n) is 1.76. The first kappa shape index (κ1) is 16.2. The zero-order chi connectivity index (χ0) is 16.1. The van der Waals surface area contributed by atoms with Crippen LogP contribution in [0.2, 0.25) is 5.02 Å². The highest BCUT2D eigenvalue weighted by atomic mass is 35.5. The van der Waals surface area contributed by atoms with Gasteiger partial charge in [0.15, 0.2) is 5.78 Å². The first-order valence-corrected chi connectivity index (χ1v) is 6.87. The normalized spacial score (nSPS) is 11.3. The molecule has 116 valence electrons. The van der Waals surface area contributed by atoms with Crippen molar-refractivity contribution in [3.05, 3.63) is 52.8 Å². The highest BCUT2D eigenvalue weighted by molar-refractivity contribution is 6.31. The summed E-state index contributed by atoms with van der Waals surface area (Å²) >= 11 is 5.99. The second kappa shape index (κ2) is 7.17. The van der Waals surface area contributed by atoms with Gasteiger partial charge in [0, 0.05) is 18.3 Å². The first-order valence-electron chi connectivity index (χ1n) is 6.50. The Morgan fingerprint density at radius 1 is 1.50 bits per heavy atom. The molecule has 0 fully saturated rings. The quantitative estimate of drug-likeness (QED) is 0.594.